The van der Waals surface area contributed by atoms with Gasteiger partial charge in [0.15, 0.2) is 12.4 Å². The van der Waals surface area contributed by atoms with Gasteiger partial charge in [0, 0.05) is 0 Å². The molecule has 3 nitrogen and oxygen atoms in total. The van der Waals surface area contributed by atoms with Crippen LogP contribution >= 0.6 is 25.2 Å². The van der Waals surface area contributed by atoms with E-state index in [0.29, 0.717) is 0 Å². The van der Waals surface area contributed by atoms with Crippen LogP contribution in [0.15, 0.2) is 0 Å². The summed E-state index contributed by atoms with van der Waals surface area (Å²) in [5.74, 6) is -0.147. The van der Waals surface area contributed by atoms with Gasteiger partial charge in [-0.3, -0.25) is 4.79 Å². The van der Waals surface area contributed by atoms with Gasteiger partial charge in [-0.25, -0.2) is 4.79 Å². The average molecular weight is 213 g/mol. The summed E-state index contributed by atoms with van der Waals surface area (Å²) in [5.41, 5.74) is -0.510. The van der Waals surface area contributed by atoms with Gasteiger partial charge >= 0.3 is 5.71 Å². The average Bonchev–Trinajstić information content (AvgIpc) is 1.83. The van der Waals surface area contributed by atoms with Gasteiger partial charge in [0.1, 0.15) is 0 Å². The minimum atomic E-state index is -0.510. The van der Waals surface area contributed by atoms with Crippen LogP contribution in [0.5, 0.6) is 0 Å². The SMILES string of the molecule is O=C(CBr)COC(=O)P. The molecule has 1 atom stereocenters. The maximum Gasteiger partial charge on any atom is 0.320 e. The highest BCUT2D eigenvalue weighted by Crippen LogP contribution is 1.91. The van der Waals surface area contributed by atoms with Gasteiger partial charge in [-0.05, 0) is 9.24 Å². The van der Waals surface area contributed by atoms with E-state index in [-0.39, 0.29) is 17.7 Å². The summed E-state index contributed by atoms with van der Waals surface area (Å²) >= 11 is 2.92. The Morgan fingerprint density at radius 3 is 2.44 bits per heavy atom. The second-order valence-electron chi connectivity index (χ2n) is 1.28. The van der Waals surface area contributed by atoms with Gasteiger partial charge in [0.25, 0.3) is 0 Å². The molecule has 0 spiro atoms. The third-order valence-corrected chi connectivity index (χ3v) is 1.32. The van der Waals surface area contributed by atoms with E-state index < -0.39 is 5.71 Å². The molecule has 0 bridgehead atoms. The number of ketones is 1. The van der Waals surface area contributed by atoms with Crippen LogP contribution in [-0.4, -0.2) is 23.4 Å². The Bertz CT molecular complexity index is 125. The number of alkyl halides is 1. The van der Waals surface area contributed by atoms with Gasteiger partial charge in [-0.2, -0.15) is 0 Å². The molecule has 0 rings (SSSR count). The van der Waals surface area contributed by atoms with E-state index in [0.717, 1.165) is 0 Å². The number of rotatable bonds is 3. The van der Waals surface area contributed by atoms with Crippen molar-refractivity contribution in [3.05, 3.63) is 0 Å². The Hall–Kier alpha value is 0.0500. The van der Waals surface area contributed by atoms with Gasteiger partial charge in [0.2, 0.25) is 0 Å². The quantitative estimate of drug-likeness (QED) is 0.518. The zero-order chi connectivity index (χ0) is 7.28. The number of hydrogen-bond acceptors (Lipinski definition) is 3. The fourth-order valence-corrected chi connectivity index (χ4v) is 0.435. The predicted octanol–water partition coefficient (Wildman–Crippen LogP) is 0.962. The number of halogens is 1. The molecular weight excluding hydrogens is 207 g/mol. The summed E-state index contributed by atoms with van der Waals surface area (Å²) in [5, 5.41) is 0.227. The standard InChI is InChI=1S/C4H6BrO3P/c5-1-3(6)2-8-4(7)9/h1-2,9H2. The third-order valence-electron chi connectivity index (χ3n) is 0.524. The molecule has 0 saturated heterocycles. The molecule has 5 heteroatoms. The molecule has 1 unspecified atom stereocenters. The lowest BCUT2D eigenvalue weighted by Crippen LogP contribution is -2.09. The van der Waals surface area contributed by atoms with Crippen molar-refractivity contribution in [2.75, 3.05) is 11.9 Å². The van der Waals surface area contributed by atoms with Gasteiger partial charge in [-0.15, -0.1) is 0 Å². The fraction of sp³-hybridized carbons (Fsp3) is 0.500. The summed E-state index contributed by atoms with van der Waals surface area (Å²) < 4.78 is 4.34. The number of carbonyl (C=O) groups excluding carboxylic acids is 2. The highest BCUT2D eigenvalue weighted by molar-refractivity contribution is 9.09. The predicted molar refractivity (Wildman–Crippen MR) is 39.9 cm³/mol. The Morgan fingerprint density at radius 2 is 2.11 bits per heavy atom. The van der Waals surface area contributed by atoms with Crippen LogP contribution in [0.4, 0.5) is 4.79 Å². The summed E-state index contributed by atoms with van der Waals surface area (Å²) in [6.07, 6.45) is 0. The molecule has 0 aliphatic heterocycles. The number of carbonyl (C=O) groups is 2. The fourth-order valence-electron chi connectivity index (χ4n) is 0.190. The molecule has 52 valence electrons. The van der Waals surface area contributed by atoms with Crippen molar-refractivity contribution in [1.82, 2.24) is 0 Å². The van der Waals surface area contributed by atoms with Gasteiger partial charge in [0.05, 0.1) is 5.33 Å². The first-order valence-corrected chi connectivity index (χ1v) is 3.86. The van der Waals surface area contributed by atoms with E-state index in [1.165, 1.54) is 0 Å². The third kappa shape index (κ3) is 5.93. The molecular formula is C4H6BrO3P. The molecule has 0 aromatic rings. The monoisotopic (exact) mass is 212 g/mol. The number of Topliss-reactive ketones (excluding diaryl/α,β-unsaturated/α-hetero) is 1. The highest BCUT2D eigenvalue weighted by atomic mass is 79.9. The molecule has 0 heterocycles. The van der Waals surface area contributed by atoms with E-state index in [4.69, 9.17) is 0 Å². The smallest absolute Gasteiger partial charge is 0.320 e. The van der Waals surface area contributed by atoms with Crippen molar-refractivity contribution in [3.63, 3.8) is 0 Å². The minimum absolute atomic E-state index is 0.145. The zero-order valence-corrected chi connectivity index (χ0v) is 7.33. The lowest BCUT2D eigenvalue weighted by molar-refractivity contribution is -0.119. The molecule has 0 N–H and O–H groups in total. The maximum absolute atomic E-state index is 10.4. The second-order valence-corrected chi connectivity index (χ2v) is 2.31. The van der Waals surface area contributed by atoms with Crippen molar-refractivity contribution in [3.8, 4) is 0 Å². The van der Waals surface area contributed by atoms with Gasteiger partial charge in [-0.1, -0.05) is 15.9 Å². The lowest BCUT2D eigenvalue weighted by atomic mass is 10.5. The maximum atomic E-state index is 10.4. The minimum Gasteiger partial charge on any atom is -0.455 e. The topological polar surface area (TPSA) is 43.4 Å². The molecule has 0 fully saturated rings. The van der Waals surface area contributed by atoms with Gasteiger partial charge < -0.3 is 4.74 Å². The Balaban J connectivity index is 3.28. The van der Waals surface area contributed by atoms with Crippen LogP contribution in [0.2, 0.25) is 0 Å². The van der Waals surface area contributed by atoms with Crippen molar-refractivity contribution in [2.24, 2.45) is 0 Å². The Kier molecular flexibility index (Phi) is 4.91. The molecule has 0 saturated carbocycles. The van der Waals surface area contributed by atoms with Crippen molar-refractivity contribution in [2.45, 2.75) is 0 Å². The molecule has 0 aromatic carbocycles. The van der Waals surface area contributed by atoms with Crippen LogP contribution in [0.3, 0.4) is 0 Å². The lowest BCUT2D eigenvalue weighted by Gasteiger charge is -1.95. The first-order chi connectivity index (χ1) is 4.16. The van der Waals surface area contributed by atoms with Crippen LogP contribution in [0.1, 0.15) is 0 Å². The summed E-state index contributed by atoms with van der Waals surface area (Å²) in [7, 11) is 1.82. The van der Waals surface area contributed by atoms with E-state index >= 15 is 0 Å². The first-order valence-electron chi connectivity index (χ1n) is 2.16. The van der Waals surface area contributed by atoms with Crippen LogP contribution in [-0.2, 0) is 9.53 Å². The largest absolute Gasteiger partial charge is 0.455 e. The normalized spacial score (nSPS) is 8.67. The van der Waals surface area contributed by atoms with Crippen LogP contribution in [0, 0.1) is 0 Å². The van der Waals surface area contributed by atoms with E-state index in [1.807, 2.05) is 9.24 Å². The van der Waals surface area contributed by atoms with Crippen molar-refractivity contribution in [1.29, 1.82) is 0 Å². The second kappa shape index (κ2) is 4.89. The number of hydrogen-bond donors (Lipinski definition) is 0. The van der Waals surface area contributed by atoms with Crippen LogP contribution in [0.25, 0.3) is 0 Å². The molecule has 9 heavy (non-hydrogen) atoms. The first kappa shape index (κ1) is 9.05. The summed E-state index contributed by atoms with van der Waals surface area (Å²) in [6.45, 7) is -0.145. The van der Waals surface area contributed by atoms with Crippen molar-refractivity contribution >= 4 is 36.7 Å². The van der Waals surface area contributed by atoms with E-state index in [2.05, 4.69) is 20.7 Å². The summed E-state index contributed by atoms with van der Waals surface area (Å²) in [4.78, 5) is 20.4. The Labute approximate surface area is 63.5 Å². The van der Waals surface area contributed by atoms with Crippen molar-refractivity contribution < 1.29 is 14.3 Å². The summed E-state index contributed by atoms with van der Waals surface area (Å²) in [6, 6.07) is 0. The molecule has 0 aliphatic rings. The Morgan fingerprint density at radius 1 is 1.56 bits per heavy atom. The molecule has 0 aliphatic carbocycles. The van der Waals surface area contributed by atoms with E-state index in [1.54, 1.807) is 0 Å². The highest BCUT2D eigenvalue weighted by Gasteiger charge is 1.99. The van der Waals surface area contributed by atoms with Crippen LogP contribution < -0.4 is 0 Å². The molecule has 0 aromatic heterocycles. The zero-order valence-electron chi connectivity index (χ0n) is 4.59. The van der Waals surface area contributed by atoms with E-state index in [9.17, 15) is 9.59 Å². The molecule has 0 amide bonds. The number of ether oxygens (including phenoxy) is 1. The molecule has 0 radical (unpaired) electrons.